The van der Waals surface area contributed by atoms with E-state index < -0.39 is 0 Å². The van der Waals surface area contributed by atoms with Crippen molar-refractivity contribution in [1.82, 2.24) is 0 Å². The van der Waals surface area contributed by atoms with E-state index in [-0.39, 0.29) is 6.71 Å². The van der Waals surface area contributed by atoms with Crippen LogP contribution in [-0.2, 0) is 12.8 Å². The van der Waals surface area contributed by atoms with E-state index in [4.69, 9.17) is 0 Å². The van der Waals surface area contributed by atoms with Crippen molar-refractivity contribution in [2.24, 2.45) is 0 Å². The molecule has 3 aliphatic rings. The van der Waals surface area contributed by atoms with Gasteiger partial charge >= 0.3 is 0 Å². The molecule has 0 spiro atoms. The van der Waals surface area contributed by atoms with Crippen LogP contribution < -0.4 is 26.2 Å². The van der Waals surface area contributed by atoms with Crippen molar-refractivity contribution in [2.45, 2.75) is 25.7 Å². The Balaban J connectivity index is 1.10. The summed E-state index contributed by atoms with van der Waals surface area (Å²) in [5, 5.41) is 7.81. The quantitative estimate of drug-likeness (QED) is 0.163. The lowest BCUT2D eigenvalue weighted by Gasteiger charge is -2.45. The first-order valence-electron chi connectivity index (χ1n) is 23.7. The Kier molecular flexibility index (Phi) is 8.19. The molecule has 0 saturated carbocycles. The maximum absolute atomic E-state index is 2.67. The van der Waals surface area contributed by atoms with Gasteiger partial charge in [-0.1, -0.05) is 152 Å². The van der Waals surface area contributed by atoms with Gasteiger partial charge < -0.3 is 9.80 Å². The number of rotatable bonds is 4. The molecule has 0 fully saturated rings. The van der Waals surface area contributed by atoms with Crippen LogP contribution in [0.15, 0.2) is 200 Å². The molecule has 4 heterocycles. The Labute approximate surface area is 397 Å². The number of aryl methyl sites for hydroxylation is 1. The zero-order chi connectivity index (χ0) is 43.7. The third kappa shape index (κ3) is 5.50. The van der Waals surface area contributed by atoms with Crippen molar-refractivity contribution in [1.29, 1.82) is 0 Å². The lowest BCUT2D eigenvalue weighted by molar-refractivity contribution is 0.687. The van der Waals surface area contributed by atoms with Crippen molar-refractivity contribution < 1.29 is 0 Å². The summed E-state index contributed by atoms with van der Waals surface area (Å²) in [7, 11) is 0. The largest absolute Gasteiger partial charge is 0.311 e. The molecule has 67 heavy (non-hydrogen) atoms. The molecule has 0 radical (unpaired) electrons. The molecular formula is C62H41BN2S2. The molecule has 0 saturated heterocycles. The smallest absolute Gasteiger partial charge is 0.252 e. The van der Waals surface area contributed by atoms with Gasteiger partial charge in [0.1, 0.15) is 0 Å². The molecule has 2 aromatic heterocycles. The first kappa shape index (κ1) is 37.8. The van der Waals surface area contributed by atoms with Crippen LogP contribution in [0.1, 0.15) is 24.0 Å². The minimum Gasteiger partial charge on any atom is -0.311 e. The van der Waals surface area contributed by atoms with Gasteiger partial charge in [-0.3, -0.25) is 0 Å². The SMILES string of the molecule is c1ccc(-c2c(N3c4cc5sc6ccccc6c5cc4B4c5cc6c(cc5N(c5ccc7ccccc7c5-c5ccccc5)c5cccc3c54)sc3ccccc36)ccc3c2CCCC3)cc1. The topological polar surface area (TPSA) is 6.48 Å². The summed E-state index contributed by atoms with van der Waals surface area (Å²) >= 11 is 3.82. The Morgan fingerprint density at radius 2 is 0.881 bits per heavy atom. The molecule has 0 unspecified atom stereocenters. The van der Waals surface area contributed by atoms with Gasteiger partial charge in [0.2, 0.25) is 0 Å². The van der Waals surface area contributed by atoms with E-state index in [9.17, 15) is 0 Å². The molecule has 0 N–H and O–H groups in total. The van der Waals surface area contributed by atoms with Crippen molar-refractivity contribution in [3.05, 3.63) is 211 Å². The minimum atomic E-state index is -0.0201. The van der Waals surface area contributed by atoms with E-state index in [0.29, 0.717) is 0 Å². The normalized spacial score (nSPS) is 13.9. The predicted molar refractivity (Wildman–Crippen MR) is 291 cm³/mol. The van der Waals surface area contributed by atoms with E-state index in [1.54, 1.807) is 0 Å². The number of fused-ring (bicyclic) bond motifs is 12. The van der Waals surface area contributed by atoms with Gasteiger partial charge in [0.05, 0.1) is 11.4 Å². The van der Waals surface area contributed by atoms with Crippen molar-refractivity contribution >= 4 is 131 Å². The molecular weight excluding hydrogens is 848 g/mol. The molecule has 1 aliphatic carbocycles. The van der Waals surface area contributed by atoms with Gasteiger partial charge in [0.25, 0.3) is 6.71 Å². The fourth-order valence-electron chi connectivity index (χ4n) is 12.2. The average molecular weight is 889 g/mol. The number of hydrogen-bond acceptors (Lipinski definition) is 4. The van der Waals surface area contributed by atoms with Crippen molar-refractivity contribution in [2.75, 3.05) is 9.80 Å². The van der Waals surface area contributed by atoms with Crippen LogP contribution in [0.2, 0.25) is 0 Å². The number of thiophene rings is 2. The van der Waals surface area contributed by atoms with Crippen LogP contribution >= 0.6 is 22.7 Å². The number of anilines is 6. The minimum absolute atomic E-state index is 0.0201. The van der Waals surface area contributed by atoms with Crippen LogP contribution in [0.4, 0.5) is 34.1 Å². The van der Waals surface area contributed by atoms with E-state index in [1.807, 2.05) is 22.7 Å². The molecule has 10 aromatic carbocycles. The zero-order valence-electron chi connectivity index (χ0n) is 36.7. The lowest BCUT2D eigenvalue weighted by Crippen LogP contribution is -2.61. The van der Waals surface area contributed by atoms with Crippen LogP contribution in [-0.4, -0.2) is 6.71 Å². The zero-order valence-corrected chi connectivity index (χ0v) is 38.3. The van der Waals surface area contributed by atoms with Crippen LogP contribution in [0.3, 0.4) is 0 Å². The number of nitrogens with zero attached hydrogens (tertiary/aromatic N) is 2. The summed E-state index contributed by atoms with van der Waals surface area (Å²) in [5.41, 5.74) is 19.6. The Bertz CT molecular complexity index is 4020. The molecule has 314 valence electrons. The van der Waals surface area contributed by atoms with Crippen LogP contribution in [0.25, 0.3) is 73.4 Å². The standard InChI is InChI=1S/C62H41BN2S2/c1-3-18-40(19-4-1)60-42-22-9-7-16-38(42)30-32-50(60)64-52-26-15-27-53-62(52)63(48-34-46-44-24-11-13-28-56(44)66-58(46)36-54(48)64)49-35-47-45-25-12-14-29-57(45)67-59(47)37-55(49)65(53)51-33-31-39-17-8-10-23-43(39)61(51)41-20-5-2-6-21-41/h1-7,9,11-16,18-22,24-37H,8,10,17,23H2. The molecule has 0 amide bonds. The highest BCUT2D eigenvalue weighted by atomic mass is 32.1. The van der Waals surface area contributed by atoms with Gasteiger partial charge in [0, 0.05) is 63.4 Å². The lowest BCUT2D eigenvalue weighted by atomic mass is 9.33. The van der Waals surface area contributed by atoms with Crippen molar-refractivity contribution in [3.8, 4) is 22.3 Å². The average Bonchev–Trinajstić information content (AvgIpc) is 3.94. The second-order valence-corrected chi connectivity index (χ2v) is 20.7. The van der Waals surface area contributed by atoms with Crippen molar-refractivity contribution in [3.63, 3.8) is 0 Å². The predicted octanol–water partition coefficient (Wildman–Crippen LogP) is 15.9. The highest BCUT2D eigenvalue weighted by molar-refractivity contribution is 7.26. The first-order chi connectivity index (χ1) is 33.2. The second kappa shape index (κ2) is 14.5. The summed E-state index contributed by atoms with van der Waals surface area (Å²) < 4.78 is 5.28. The van der Waals surface area contributed by atoms with Gasteiger partial charge in [-0.25, -0.2) is 0 Å². The van der Waals surface area contributed by atoms with E-state index in [1.165, 1.54) is 148 Å². The summed E-state index contributed by atoms with van der Waals surface area (Å²) in [5.74, 6) is 0. The fraction of sp³-hybridized carbons (Fsp3) is 0.0645. The van der Waals surface area contributed by atoms with E-state index in [0.717, 1.165) is 12.8 Å². The highest BCUT2D eigenvalue weighted by Gasteiger charge is 2.45. The van der Waals surface area contributed by atoms with Gasteiger partial charge in [-0.2, -0.15) is 0 Å². The van der Waals surface area contributed by atoms with Crippen LogP contribution in [0.5, 0.6) is 0 Å². The molecule has 5 heteroatoms. The van der Waals surface area contributed by atoms with E-state index >= 15 is 0 Å². The van der Waals surface area contributed by atoms with Gasteiger partial charge in [-0.15, -0.1) is 22.7 Å². The molecule has 12 aromatic rings. The number of benzene rings is 10. The third-order valence-corrected chi connectivity index (χ3v) is 17.3. The molecule has 0 atom stereocenters. The first-order valence-corrected chi connectivity index (χ1v) is 25.3. The van der Waals surface area contributed by atoms with Gasteiger partial charge in [0.15, 0.2) is 0 Å². The molecule has 0 bridgehead atoms. The Morgan fingerprint density at radius 3 is 1.52 bits per heavy atom. The van der Waals surface area contributed by atoms with Gasteiger partial charge in [-0.05, 0) is 134 Å². The Hall–Kier alpha value is -7.44. The van der Waals surface area contributed by atoms with Crippen LogP contribution in [0, 0.1) is 0 Å². The maximum atomic E-state index is 2.67. The summed E-state index contributed by atoms with van der Waals surface area (Å²) in [4.78, 5) is 5.31. The third-order valence-electron chi connectivity index (χ3n) is 15.0. The second-order valence-electron chi connectivity index (χ2n) is 18.5. The summed E-state index contributed by atoms with van der Waals surface area (Å²) in [6.45, 7) is -0.0201. The number of hydrogen-bond donors (Lipinski definition) is 0. The monoisotopic (exact) mass is 888 g/mol. The molecule has 15 rings (SSSR count). The Morgan fingerprint density at radius 1 is 0.358 bits per heavy atom. The summed E-state index contributed by atoms with van der Waals surface area (Å²) in [6.07, 6.45) is 4.68. The molecule has 2 nitrogen and oxygen atoms in total. The highest BCUT2D eigenvalue weighted by Crippen LogP contribution is 2.52. The fourth-order valence-corrected chi connectivity index (χ4v) is 14.4. The molecule has 2 aliphatic heterocycles. The van der Waals surface area contributed by atoms with E-state index in [2.05, 4.69) is 210 Å². The summed E-state index contributed by atoms with van der Waals surface area (Å²) in [6, 6.07) is 76.2. The maximum Gasteiger partial charge on any atom is 0.252 e.